The average Bonchev–Trinajstić information content (AvgIpc) is 2.91. The number of rotatable bonds is 10. The zero-order valence-electron chi connectivity index (χ0n) is 22.5. The number of ether oxygens (including phenoxy) is 1. The number of hydrogen-bond donors (Lipinski definition) is 0. The van der Waals surface area contributed by atoms with Crippen LogP contribution in [0.15, 0.2) is 118 Å². The molecule has 3 aromatic rings. The fourth-order valence-electron chi connectivity index (χ4n) is 3.42. The van der Waals surface area contributed by atoms with Gasteiger partial charge in [-0.1, -0.05) is 66.7 Å². The van der Waals surface area contributed by atoms with Gasteiger partial charge in [0.25, 0.3) is 19.7 Å². The Morgan fingerprint density at radius 1 is 0.714 bits per heavy atom. The molecule has 230 valence electrons. The Balaban J connectivity index is 0.000000297. The van der Waals surface area contributed by atoms with Gasteiger partial charge in [-0.15, -0.1) is 0 Å². The van der Waals surface area contributed by atoms with Crippen molar-refractivity contribution in [3.63, 3.8) is 0 Å². The largest absolute Gasteiger partial charge is 0.498 e. The third kappa shape index (κ3) is 9.35. The molecule has 3 rings (SSSR count). The van der Waals surface area contributed by atoms with Crippen molar-refractivity contribution in [2.75, 3.05) is 6.61 Å². The Morgan fingerprint density at radius 2 is 1.02 bits per heavy atom. The summed E-state index contributed by atoms with van der Waals surface area (Å²) in [6, 6.07) is 32.2. The minimum Gasteiger partial charge on any atom is -0.374 e. The Morgan fingerprint density at radius 3 is 1.29 bits per heavy atom. The van der Waals surface area contributed by atoms with Crippen molar-refractivity contribution in [2.45, 2.75) is 56.7 Å². The van der Waals surface area contributed by atoms with Gasteiger partial charge in [-0.3, -0.25) is 0 Å². The zero-order chi connectivity index (χ0) is 31.8. The van der Waals surface area contributed by atoms with E-state index in [1.807, 2.05) is 0 Å². The first-order valence-corrected chi connectivity index (χ1v) is 16.5. The maximum Gasteiger partial charge on any atom is 0.498 e. The topological polar surface area (TPSA) is 77.5 Å². The highest BCUT2D eigenvalue weighted by molar-refractivity contribution is 8.09. The molecule has 0 saturated heterocycles. The SMILES string of the molecule is C=C(C)COC(C)CC(S(=O)(=O)C(F)(F)F)S(=O)(=O)C(F)(F)F.c1ccc([S+](c2ccccc2)c2ccccc2)cc1. The van der Waals surface area contributed by atoms with Gasteiger partial charge in [0.2, 0.25) is 0 Å². The lowest BCUT2D eigenvalue weighted by molar-refractivity contribution is -0.0478. The first-order chi connectivity index (χ1) is 19.4. The molecule has 0 aliphatic rings. The highest BCUT2D eigenvalue weighted by Crippen LogP contribution is 2.38. The smallest absolute Gasteiger partial charge is 0.374 e. The third-order valence-electron chi connectivity index (χ3n) is 5.41. The fraction of sp³-hybridized carbons (Fsp3) is 0.286. The molecule has 0 bridgehead atoms. The van der Waals surface area contributed by atoms with Crippen LogP contribution in [-0.4, -0.2) is 45.1 Å². The average molecular weight is 656 g/mol. The third-order valence-corrected chi connectivity index (χ3v) is 12.2. The number of sulfone groups is 2. The summed E-state index contributed by atoms with van der Waals surface area (Å²) < 4.78 is 121. The molecule has 0 radical (unpaired) electrons. The molecule has 1 atom stereocenters. The van der Waals surface area contributed by atoms with Gasteiger partial charge in [-0.25, -0.2) is 16.8 Å². The maximum absolute atomic E-state index is 12.5. The predicted molar refractivity (Wildman–Crippen MR) is 150 cm³/mol. The molecular weight excluding hydrogens is 626 g/mol. The summed E-state index contributed by atoms with van der Waals surface area (Å²) in [5, 5.41) is 0. The van der Waals surface area contributed by atoms with Gasteiger partial charge in [0.15, 0.2) is 19.3 Å². The molecule has 3 aromatic carbocycles. The van der Waals surface area contributed by atoms with Gasteiger partial charge in [0, 0.05) is 6.42 Å². The van der Waals surface area contributed by atoms with Crippen LogP contribution in [0.3, 0.4) is 0 Å². The lowest BCUT2D eigenvalue weighted by Gasteiger charge is -2.23. The van der Waals surface area contributed by atoms with Crippen molar-refractivity contribution < 1.29 is 47.9 Å². The van der Waals surface area contributed by atoms with E-state index in [2.05, 4.69) is 97.6 Å². The van der Waals surface area contributed by atoms with E-state index in [-0.39, 0.29) is 17.5 Å². The number of alkyl halides is 6. The van der Waals surface area contributed by atoms with Crippen LogP contribution in [0.1, 0.15) is 20.3 Å². The van der Waals surface area contributed by atoms with E-state index in [1.165, 1.54) is 21.6 Å². The zero-order valence-corrected chi connectivity index (χ0v) is 24.9. The molecule has 0 aliphatic heterocycles. The monoisotopic (exact) mass is 655 g/mol. The standard InChI is InChI=1S/C18H15S.C10H14F6O5S2/c1-4-10-16(11-5-1)19(17-12-6-2-7-13-17)18-14-8-3-9-15-18;1-6(2)5-21-7(3)4-8(22(17,18)9(11,12)13)23(19,20)10(14,15)16/h1-15H;7-8H,1,4-5H2,2-3H3/q+1;. The molecular formula is C28H29F6O5S3+. The fourth-order valence-corrected chi connectivity index (χ4v) is 9.16. The second-order valence-electron chi connectivity index (χ2n) is 8.97. The van der Waals surface area contributed by atoms with Crippen LogP contribution < -0.4 is 0 Å². The summed E-state index contributed by atoms with van der Waals surface area (Å²) in [5.74, 6) is 0. The van der Waals surface area contributed by atoms with Crippen molar-refractivity contribution in [1.82, 2.24) is 0 Å². The van der Waals surface area contributed by atoms with E-state index in [0.29, 0.717) is 5.57 Å². The first-order valence-electron chi connectivity index (χ1n) is 12.1. The maximum atomic E-state index is 12.5. The number of hydrogen-bond acceptors (Lipinski definition) is 5. The number of benzene rings is 3. The lowest BCUT2D eigenvalue weighted by atomic mass is 10.3. The molecule has 0 spiro atoms. The van der Waals surface area contributed by atoms with Gasteiger partial charge in [0.1, 0.15) is 0 Å². The lowest BCUT2D eigenvalue weighted by Crippen LogP contribution is -2.46. The van der Waals surface area contributed by atoms with Crippen LogP contribution in [-0.2, 0) is 35.3 Å². The molecule has 0 fully saturated rings. The Bertz CT molecular complexity index is 1360. The van der Waals surface area contributed by atoms with Crippen LogP contribution >= 0.6 is 0 Å². The summed E-state index contributed by atoms with van der Waals surface area (Å²) in [4.78, 5) is 4.08. The van der Waals surface area contributed by atoms with Crippen LogP contribution in [0.5, 0.6) is 0 Å². The molecule has 0 aliphatic carbocycles. The molecule has 14 heteroatoms. The van der Waals surface area contributed by atoms with E-state index in [1.54, 1.807) is 0 Å². The van der Waals surface area contributed by atoms with Gasteiger partial charge >= 0.3 is 11.0 Å². The van der Waals surface area contributed by atoms with Crippen molar-refractivity contribution in [3.05, 3.63) is 103 Å². The van der Waals surface area contributed by atoms with E-state index in [4.69, 9.17) is 4.74 Å². The first kappa shape index (κ1) is 35.4. The molecule has 0 saturated carbocycles. The Labute approximate surface area is 244 Å². The van der Waals surface area contributed by atoms with Crippen molar-refractivity contribution in [3.8, 4) is 0 Å². The van der Waals surface area contributed by atoms with Gasteiger partial charge in [-0.05, 0) is 50.2 Å². The van der Waals surface area contributed by atoms with Gasteiger partial charge in [0.05, 0.1) is 23.6 Å². The van der Waals surface area contributed by atoms with Crippen LogP contribution in [0.25, 0.3) is 0 Å². The van der Waals surface area contributed by atoms with Gasteiger partial charge in [-0.2, -0.15) is 26.3 Å². The predicted octanol–water partition coefficient (Wildman–Crippen LogP) is 7.34. The summed E-state index contributed by atoms with van der Waals surface area (Å²) in [6.07, 6.45) is -3.04. The van der Waals surface area contributed by atoms with Crippen molar-refractivity contribution in [1.29, 1.82) is 0 Å². The highest BCUT2D eigenvalue weighted by atomic mass is 32.3. The van der Waals surface area contributed by atoms with E-state index in [0.717, 1.165) is 6.92 Å². The number of halogens is 6. The second kappa shape index (κ2) is 14.6. The van der Waals surface area contributed by atoms with Crippen LogP contribution in [0.4, 0.5) is 26.3 Å². The summed E-state index contributed by atoms with van der Waals surface area (Å²) in [5.41, 5.74) is -12.0. The highest BCUT2D eigenvalue weighted by Gasteiger charge is 2.63. The van der Waals surface area contributed by atoms with Crippen LogP contribution in [0.2, 0.25) is 0 Å². The summed E-state index contributed by atoms with van der Waals surface area (Å²) >= 11 is 0. The molecule has 0 amide bonds. The molecule has 0 aromatic heterocycles. The molecule has 42 heavy (non-hydrogen) atoms. The molecule has 0 heterocycles. The molecule has 1 unspecified atom stereocenters. The second-order valence-corrected chi connectivity index (χ2v) is 15.5. The van der Waals surface area contributed by atoms with Crippen molar-refractivity contribution in [2.24, 2.45) is 0 Å². The summed E-state index contributed by atoms with van der Waals surface area (Å²) in [7, 11) is -13.3. The Kier molecular flexibility index (Phi) is 12.3. The van der Waals surface area contributed by atoms with E-state index >= 15 is 0 Å². The minimum absolute atomic E-state index is 0.0146. The quantitative estimate of drug-likeness (QED) is 0.130. The summed E-state index contributed by atoms with van der Waals surface area (Å²) in [6.45, 7) is 5.46. The van der Waals surface area contributed by atoms with Crippen LogP contribution in [0, 0.1) is 0 Å². The van der Waals surface area contributed by atoms with Crippen molar-refractivity contribution >= 4 is 30.6 Å². The molecule has 0 N–H and O–H groups in total. The minimum atomic E-state index is -6.62. The van der Waals surface area contributed by atoms with E-state index in [9.17, 15) is 43.2 Å². The van der Waals surface area contributed by atoms with Gasteiger partial charge < -0.3 is 4.74 Å². The Hall–Kier alpha value is -2.81. The molecule has 5 nitrogen and oxygen atoms in total. The van der Waals surface area contributed by atoms with E-state index < -0.39 is 47.8 Å². The normalized spacial score (nSPS) is 13.4.